The minimum atomic E-state index is -0.642. The van der Waals surface area contributed by atoms with Crippen LogP contribution in [0.3, 0.4) is 0 Å². The van der Waals surface area contributed by atoms with Gasteiger partial charge in [0.1, 0.15) is 11.5 Å². The number of aliphatic hydroxyl groups excluding tert-OH is 1. The molecule has 1 N–H and O–H groups in total. The number of hydrogen-bond donors (Lipinski definition) is 1. The van der Waals surface area contributed by atoms with E-state index in [2.05, 4.69) is 0 Å². The fourth-order valence-corrected chi connectivity index (χ4v) is 11.1. The Hall–Kier alpha value is -2.00. The second-order valence-corrected chi connectivity index (χ2v) is 14.6. The molecule has 6 unspecified atom stereocenters. The van der Waals surface area contributed by atoms with Crippen LogP contribution in [0.1, 0.15) is 77.0 Å². The van der Waals surface area contributed by atoms with E-state index in [4.69, 9.17) is 23.7 Å². The molecule has 0 heterocycles. The molecular weight excluding hydrogens is 512 g/mol. The second kappa shape index (κ2) is 8.76. The van der Waals surface area contributed by atoms with Gasteiger partial charge in [0, 0.05) is 34.4 Å². The lowest BCUT2D eigenvalue weighted by Gasteiger charge is -2.64. The van der Waals surface area contributed by atoms with Crippen molar-refractivity contribution in [3.8, 4) is 11.5 Å². The summed E-state index contributed by atoms with van der Waals surface area (Å²) in [6, 6.07) is 6.79. The van der Waals surface area contributed by atoms with Gasteiger partial charge in [-0.1, -0.05) is 0 Å². The SMILES string of the molecule is COC12CC3CC(CO)(C1)CC(C(=O)Oc1ccc(OC(=O)C45CC6CC(OC)(CC(OC)(C6)C4)C5)cc1)(C3)C2. The predicted molar refractivity (Wildman–Crippen MR) is 144 cm³/mol. The molecule has 0 saturated heterocycles. The summed E-state index contributed by atoms with van der Waals surface area (Å²) in [7, 11) is 5.22. The third-order valence-electron chi connectivity index (χ3n) is 11.8. The molecule has 8 fully saturated rings. The number of rotatable bonds is 8. The summed E-state index contributed by atoms with van der Waals surface area (Å²) in [4.78, 5) is 27.3. The van der Waals surface area contributed by atoms with E-state index in [9.17, 15) is 14.7 Å². The highest BCUT2D eigenvalue weighted by Gasteiger charge is 2.68. The fraction of sp³-hybridized carbons (Fsp3) is 0.750. The van der Waals surface area contributed by atoms with E-state index in [1.807, 2.05) is 0 Å². The van der Waals surface area contributed by atoms with Crippen LogP contribution in [-0.4, -0.2) is 61.8 Å². The number of benzene rings is 1. The smallest absolute Gasteiger partial charge is 0.317 e. The first-order valence-corrected chi connectivity index (χ1v) is 14.9. The molecule has 1 aromatic rings. The van der Waals surface area contributed by atoms with Crippen LogP contribution in [0.4, 0.5) is 0 Å². The van der Waals surface area contributed by atoms with E-state index in [0.29, 0.717) is 49.0 Å². The van der Waals surface area contributed by atoms with Gasteiger partial charge in [0.25, 0.3) is 0 Å². The average molecular weight is 555 g/mol. The predicted octanol–water partition coefficient (Wildman–Crippen LogP) is 4.60. The molecule has 8 aliphatic rings. The fourth-order valence-electron chi connectivity index (χ4n) is 11.1. The second-order valence-electron chi connectivity index (χ2n) is 14.6. The molecule has 8 aliphatic carbocycles. The van der Waals surface area contributed by atoms with Gasteiger partial charge in [-0.05, 0) is 112 Å². The molecule has 6 atom stereocenters. The van der Waals surface area contributed by atoms with Crippen molar-refractivity contribution >= 4 is 11.9 Å². The Bertz CT molecular complexity index is 1070. The van der Waals surface area contributed by atoms with Gasteiger partial charge in [-0.15, -0.1) is 0 Å². The Morgan fingerprint density at radius 1 is 0.650 bits per heavy atom. The third-order valence-corrected chi connectivity index (χ3v) is 11.8. The molecule has 0 aromatic heterocycles. The highest BCUT2D eigenvalue weighted by molar-refractivity contribution is 5.81. The molecule has 40 heavy (non-hydrogen) atoms. The summed E-state index contributed by atoms with van der Waals surface area (Å²) in [5, 5.41) is 10.3. The largest absolute Gasteiger partial charge is 0.426 e. The maximum atomic E-state index is 13.7. The zero-order valence-electron chi connectivity index (χ0n) is 24.0. The topological polar surface area (TPSA) is 101 Å². The molecule has 9 rings (SSSR count). The molecule has 0 radical (unpaired) electrons. The lowest BCUT2D eigenvalue weighted by molar-refractivity contribution is -0.249. The van der Waals surface area contributed by atoms with Crippen LogP contribution in [0.2, 0.25) is 0 Å². The first-order valence-electron chi connectivity index (χ1n) is 14.9. The molecule has 8 saturated carbocycles. The number of carbonyl (C=O) groups excluding carboxylic acids is 2. The van der Waals surface area contributed by atoms with E-state index >= 15 is 0 Å². The van der Waals surface area contributed by atoms with Crippen LogP contribution in [0.25, 0.3) is 0 Å². The Labute approximate surface area is 236 Å². The summed E-state index contributed by atoms with van der Waals surface area (Å²) >= 11 is 0. The number of ether oxygens (including phenoxy) is 5. The molecule has 8 nitrogen and oxygen atoms in total. The lowest BCUT2D eigenvalue weighted by atomic mass is 9.43. The first-order chi connectivity index (χ1) is 19.1. The van der Waals surface area contributed by atoms with Crippen LogP contribution in [0.15, 0.2) is 24.3 Å². The van der Waals surface area contributed by atoms with Crippen LogP contribution in [0, 0.1) is 28.1 Å². The monoisotopic (exact) mass is 554 g/mol. The van der Waals surface area contributed by atoms with E-state index in [1.54, 1.807) is 45.6 Å². The molecule has 8 heteroatoms. The first kappa shape index (κ1) is 26.9. The molecule has 0 spiro atoms. The van der Waals surface area contributed by atoms with Crippen LogP contribution in [-0.2, 0) is 23.8 Å². The van der Waals surface area contributed by atoms with Gasteiger partial charge in [0.05, 0.1) is 27.6 Å². The highest BCUT2D eigenvalue weighted by Crippen LogP contribution is 2.68. The van der Waals surface area contributed by atoms with Crippen molar-refractivity contribution in [2.75, 3.05) is 27.9 Å². The van der Waals surface area contributed by atoms with Crippen molar-refractivity contribution in [1.82, 2.24) is 0 Å². The van der Waals surface area contributed by atoms with Crippen molar-refractivity contribution in [3.05, 3.63) is 24.3 Å². The zero-order chi connectivity index (χ0) is 28.0. The van der Waals surface area contributed by atoms with Crippen LogP contribution in [0.5, 0.6) is 11.5 Å². The zero-order valence-corrected chi connectivity index (χ0v) is 24.0. The number of methoxy groups -OCH3 is 3. The van der Waals surface area contributed by atoms with Gasteiger partial charge in [0.2, 0.25) is 0 Å². The van der Waals surface area contributed by atoms with Crippen molar-refractivity contribution in [3.63, 3.8) is 0 Å². The normalized spacial score (nSPS) is 46.0. The quantitative estimate of drug-likeness (QED) is 0.368. The van der Waals surface area contributed by atoms with Crippen LogP contribution < -0.4 is 9.47 Å². The molecule has 8 bridgehead atoms. The van der Waals surface area contributed by atoms with E-state index in [-0.39, 0.29) is 40.8 Å². The number of esters is 2. The van der Waals surface area contributed by atoms with E-state index < -0.39 is 10.8 Å². The average Bonchev–Trinajstić information content (AvgIpc) is 2.93. The van der Waals surface area contributed by atoms with Crippen LogP contribution >= 0.6 is 0 Å². The van der Waals surface area contributed by atoms with Crippen molar-refractivity contribution in [2.45, 2.75) is 93.9 Å². The minimum absolute atomic E-state index is 0.0724. The van der Waals surface area contributed by atoms with Crippen molar-refractivity contribution in [2.24, 2.45) is 28.1 Å². The molecular formula is C32H42O8. The summed E-state index contributed by atoms with van der Waals surface area (Å²) < 4.78 is 29.9. The number of carbonyl (C=O) groups is 2. The van der Waals surface area contributed by atoms with Gasteiger partial charge in [-0.2, -0.15) is 0 Å². The highest BCUT2D eigenvalue weighted by atomic mass is 16.5. The Kier molecular flexibility index (Phi) is 5.88. The number of aliphatic hydroxyl groups is 1. The lowest BCUT2D eigenvalue weighted by Crippen LogP contribution is -2.66. The van der Waals surface area contributed by atoms with Crippen molar-refractivity contribution in [1.29, 1.82) is 0 Å². The molecule has 0 amide bonds. The van der Waals surface area contributed by atoms with E-state index in [0.717, 1.165) is 51.4 Å². The Morgan fingerprint density at radius 3 is 1.52 bits per heavy atom. The van der Waals surface area contributed by atoms with Gasteiger partial charge in [-0.3, -0.25) is 9.59 Å². The summed E-state index contributed by atoms with van der Waals surface area (Å²) in [5.74, 6) is 1.14. The van der Waals surface area contributed by atoms with Gasteiger partial charge in [0.15, 0.2) is 0 Å². The van der Waals surface area contributed by atoms with E-state index in [1.165, 1.54) is 0 Å². The maximum absolute atomic E-state index is 13.7. The minimum Gasteiger partial charge on any atom is -0.426 e. The summed E-state index contributed by atoms with van der Waals surface area (Å²) in [6.45, 7) is 0.0724. The standard InChI is InChI=1S/C32H42O8/c1-36-30-11-21-8-27(15-30,20-33)14-28(9-21,16-30)25(34)39-23-4-6-24(7-5-23)40-26(35)29-10-22-12-31(17-29,37-2)19-32(13-22,18-29)38-3/h4-7,21-22,33H,8-20H2,1-3H3. The molecule has 1 aromatic carbocycles. The molecule has 0 aliphatic heterocycles. The Balaban J connectivity index is 1.05. The number of hydrogen-bond acceptors (Lipinski definition) is 8. The van der Waals surface area contributed by atoms with Crippen molar-refractivity contribution < 1.29 is 38.4 Å². The van der Waals surface area contributed by atoms with Gasteiger partial charge < -0.3 is 28.8 Å². The van der Waals surface area contributed by atoms with Gasteiger partial charge >= 0.3 is 11.9 Å². The molecule has 218 valence electrons. The maximum Gasteiger partial charge on any atom is 0.317 e. The Morgan fingerprint density at radius 2 is 1.07 bits per heavy atom. The van der Waals surface area contributed by atoms with Gasteiger partial charge in [-0.25, -0.2) is 0 Å². The summed E-state index contributed by atoms with van der Waals surface area (Å²) in [6.07, 6.45) is 9.64. The summed E-state index contributed by atoms with van der Waals surface area (Å²) in [5.41, 5.74) is -2.56. The third kappa shape index (κ3) is 3.92.